The highest BCUT2D eigenvalue weighted by molar-refractivity contribution is 5.76. The van der Waals surface area contributed by atoms with Crippen LogP contribution in [0.1, 0.15) is 30.7 Å². The second-order valence-electron chi connectivity index (χ2n) is 6.70. The molecule has 2 aromatic rings. The molecule has 1 aromatic carbocycles. The van der Waals surface area contributed by atoms with Gasteiger partial charge in [0.25, 0.3) is 0 Å². The monoisotopic (exact) mass is 342 g/mol. The van der Waals surface area contributed by atoms with Crippen molar-refractivity contribution in [2.45, 2.75) is 32.1 Å². The molecule has 0 unspecified atom stereocenters. The van der Waals surface area contributed by atoms with Gasteiger partial charge in [0.15, 0.2) is 0 Å². The number of aryl methyl sites for hydroxylation is 2. The molecule has 0 saturated carbocycles. The Morgan fingerprint density at radius 3 is 2.72 bits per heavy atom. The van der Waals surface area contributed by atoms with E-state index in [1.807, 2.05) is 40.8 Å². The summed E-state index contributed by atoms with van der Waals surface area (Å²) in [7, 11) is 3.65. The molecule has 0 radical (unpaired) electrons. The van der Waals surface area contributed by atoms with Crippen molar-refractivity contribution < 1.29 is 9.53 Å². The number of methoxy groups -OCH3 is 1. The molecule has 2 heterocycles. The van der Waals surface area contributed by atoms with E-state index in [0.717, 1.165) is 55.9 Å². The van der Waals surface area contributed by atoms with Crippen molar-refractivity contribution in [2.75, 3.05) is 20.2 Å². The van der Waals surface area contributed by atoms with Crippen molar-refractivity contribution in [1.29, 1.82) is 0 Å². The van der Waals surface area contributed by atoms with Crippen LogP contribution in [0.4, 0.5) is 0 Å². The van der Waals surface area contributed by atoms with Gasteiger partial charge in [-0.05, 0) is 36.8 Å². The molecule has 25 heavy (non-hydrogen) atoms. The van der Waals surface area contributed by atoms with Gasteiger partial charge in [0.1, 0.15) is 17.9 Å². The Morgan fingerprint density at radius 2 is 2.04 bits per heavy atom. The summed E-state index contributed by atoms with van der Waals surface area (Å²) in [4.78, 5) is 14.5. The topological polar surface area (TPSA) is 60.2 Å². The fourth-order valence-electron chi connectivity index (χ4n) is 3.45. The predicted molar refractivity (Wildman–Crippen MR) is 95.3 cm³/mol. The minimum atomic E-state index is 0.239. The molecule has 3 rings (SSSR count). The highest BCUT2D eigenvalue weighted by Gasteiger charge is 2.24. The first kappa shape index (κ1) is 17.5. The van der Waals surface area contributed by atoms with Crippen LogP contribution in [0.5, 0.6) is 5.75 Å². The van der Waals surface area contributed by atoms with E-state index in [-0.39, 0.29) is 5.91 Å². The summed E-state index contributed by atoms with van der Waals surface area (Å²) in [5.74, 6) is 2.71. The molecular weight excluding hydrogens is 316 g/mol. The molecule has 0 N–H and O–H groups in total. The number of hydrogen-bond donors (Lipinski definition) is 0. The fourth-order valence-corrected chi connectivity index (χ4v) is 3.45. The van der Waals surface area contributed by atoms with Crippen molar-refractivity contribution in [3.05, 3.63) is 42.0 Å². The number of aromatic nitrogens is 3. The second kappa shape index (κ2) is 8.14. The summed E-state index contributed by atoms with van der Waals surface area (Å²) in [5, 5.41) is 8.10. The van der Waals surface area contributed by atoms with Crippen molar-refractivity contribution in [2.24, 2.45) is 13.0 Å². The summed E-state index contributed by atoms with van der Waals surface area (Å²) >= 11 is 0. The molecule has 0 aliphatic carbocycles. The van der Waals surface area contributed by atoms with E-state index < -0.39 is 0 Å². The zero-order valence-electron chi connectivity index (χ0n) is 15.0. The Kier molecular flexibility index (Phi) is 5.68. The van der Waals surface area contributed by atoms with E-state index in [9.17, 15) is 4.79 Å². The van der Waals surface area contributed by atoms with Crippen LogP contribution in [0.25, 0.3) is 0 Å². The number of carbonyl (C=O) groups excluding carboxylic acids is 1. The quantitative estimate of drug-likeness (QED) is 0.808. The Balaban J connectivity index is 1.46. The lowest BCUT2D eigenvalue weighted by molar-refractivity contribution is -0.132. The summed E-state index contributed by atoms with van der Waals surface area (Å²) in [6, 6.07) is 7.91. The molecule has 1 saturated heterocycles. The fraction of sp³-hybridized carbons (Fsp3) is 0.526. The Labute approximate surface area is 148 Å². The van der Waals surface area contributed by atoms with Gasteiger partial charge in [-0.15, -0.1) is 10.2 Å². The standard InChI is InChI=1S/C19H26N4O2/c1-22-14-20-21-18(22)13-15-9-11-23(12-10-15)19(24)8-7-16-5-3-4-6-17(16)25-2/h3-6,14-15H,7-13H2,1-2H3. The highest BCUT2D eigenvalue weighted by atomic mass is 16.5. The maximum absolute atomic E-state index is 12.5. The number of ether oxygens (including phenoxy) is 1. The number of carbonyl (C=O) groups is 1. The molecule has 0 spiro atoms. The van der Waals surface area contributed by atoms with E-state index in [1.54, 1.807) is 13.4 Å². The van der Waals surface area contributed by atoms with E-state index in [1.165, 1.54) is 0 Å². The van der Waals surface area contributed by atoms with E-state index >= 15 is 0 Å². The third-order valence-electron chi connectivity index (χ3n) is 5.04. The van der Waals surface area contributed by atoms with E-state index in [4.69, 9.17) is 4.74 Å². The van der Waals surface area contributed by atoms with Crippen LogP contribution in [-0.2, 0) is 24.7 Å². The van der Waals surface area contributed by atoms with Gasteiger partial charge < -0.3 is 14.2 Å². The van der Waals surface area contributed by atoms with Crippen LogP contribution >= 0.6 is 0 Å². The van der Waals surface area contributed by atoms with Crippen molar-refractivity contribution in [3.63, 3.8) is 0 Å². The van der Waals surface area contributed by atoms with Crippen molar-refractivity contribution >= 4 is 5.91 Å². The predicted octanol–water partition coefficient (Wildman–Crippen LogP) is 2.24. The molecule has 1 aromatic heterocycles. The average Bonchev–Trinajstić information content (AvgIpc) is 3.05. The number of hydrogen-bond acceptors (Lipinski definition) is 4. The Bertz CT molecular complexity index is 705. The number of benzene rings is 1. The molecule has 1 amide bonds. The van der Waals surface area contributed by atoms with Crippen LogP contribution in [-0.4, -0.2) is 45.8 Å². The minimum absolute atomic E-state index is 0.239. The molecule has 1 aliphatic heterocycles. The van der Waals surface area contributed by atoms with Crippen LogP contribution in [0.15, 0.2) is 30.6 Å². The first-order valence-corrected chi connectivity index (χ1v) is 8.90. The maximum atomic E-state index is 12.5. The number of para-hydroxylation sites is 1. The number of rotatable bonds is 6. The van der Waals surface area contributed by atoms with Gasteiger partial charge >= 0.3 is 0 Å². The Morgan fingerprint density at radius 1 is 1.28 bits per heavy atom. The largest absolute Gasteiger partial charge is 0.496 e. The molecule has 1 aliphatic rings. The zero-order valence-corrected chi connectivity index (χ0v) is 15.0. The SMILES string of the molecule is COc1ccccc1CCC(=O)N1CCC(Cc2nncn2C)CC1. The number of likely N-dealkylation sites (tertiary alicyclic amines) is 1. The average molecular weight is 342 g/mol. The van der Waals surface area contributed by atoms with Gasteiger partial charge in [0, 0.05) is 33.0 Å². The van der Waals surface area contributed by atoms with Crippen molar-refractivity contribution in [1.82, 2.24) is 19.7 Å². The van der Waals surface area contributed by atoms with Gasteiger partial charge in [0.2, 0.25) is 5.91 Å². The van der Waals surface area contributed by atoms with Crippen LogP contribution in [0.2, 0.25) is 0 Å². The van der Waals surface area contributed by atoms with Crippen LogP contribution < -0.4 is 4.74 Å². The molecule has 134 valence electrons. The summed E-state index contributed by atoms with van der Waals surface area (Å²) in [6.07, 6.45) is 6.02. The molecule has 6 nitrogen and oxygen atoms in total. The normalized spacial score (nSPS) is 15.4. The maximum Gasteiger partial charge on any atom is 0.222 e. The lowest BCUT2D eigenvalue weighted by Gasteiger charge is -2.32. The summed E-state index contributed by atoms with van der Waals surface area (Å²) in [5.41, 5.74) is 1.09. The number of nitrogens with zero attached hydrogens (tertiary/aromatic N) is 4. The summed E-state index contributed by atoms with van der Waals surface area (Å²) in [6.45, 7) is 1.68. The molecule has 1 fully saturated rings. The third-order valence-corrected chi connectivity index (χ3v) is 5.04. The smallest absolute Gasteiger partial charge is 0.222 e. The second-order valence-corrected chi connectivity index (χ2v) is 6.70. The van der Waals surface area contributed by atoms with Gasteiger partial charge in [-0.3, -0.25) is 4.79 Å². The van der Waals surface area contributed by atoms with Gasteiger partial charge in [-0.2, -0.15) is 0 Å². The number of piperidine rings is 1. The van der Waals surface area contributed by atoms with Crippen LogP contribution in [0.3, 0.4) is 0 Å². The lowest BCUT2D eigenvalue weighted by atomic mass is 9.93. The summed E-state index contributed by atoms with van der Waals surface area (Å²) < 4.78 is 7.34. The molecular formula is C19H26N4O2. The zero-order chi connectivity index (χ0) is 17.6. The minimum Gasteiger partial charge on any atom is -0.496 e. The molecule has 6 heteroatoms. The molecule has 0 bridgehead atoms. The highest BCUT2D eigenvalue weighted by Crippen LogP contribution is 2.23. The van der Waals surface area contributed by atoms with E-state index in [2.05, 4.69) is 10.2 Å². The lowest BCUT2D eigenvalue weighted by Crippen LogP contribution is -2.39. The first-order chi connectivity index (χ1) is 12.2. The number of amides is 1. The van der Waals surface area contributed by atoms with Crippen molar-refractivity contribution in [3.8, 4) is 5.75 Å². The van der Waals surface area contributed by atoms with Gasteiger partial charge in [0.05, 0.1) is 7.11 Å². The Hall–Kier alpha value is -2.37. The third kappa shape index (κ3) is 4.38. The molecule has 0 atom stereocenters. The van der Waals surface area contributed by atoms with Crippen LogP contribution in [0, 0.1) is 5.92 Å². The van der Waals surface area contributed by atoms with Gasteiger partial charge in [-0.25, -0.2) is 0 Å². The van der Waals surface area contributed by atoms with Gasteiger partial charge in [-0.1, -0.05) is 18.2 Å². The van der Waals surface area contributed by atoms with E-state index in [0.29, 0.717) is 12.3 Å². The first-order valence-electron chi connectivity index (χ1n) is 8.90.